The molecule has 1 aromatic carbocycles. The van der Waals surface area contributed by atoms with Gasteiger partial charge in [-0.15, -0.1) is 6.42 Å². The molecule has 16 heavy (non-hydrogen) atoms. The van der Waals surface area contributed by atoms with Crippen molar-refractivity contribution in [3.05, 3.63) is 23.8 Å². The maximum atomic E-state index is 11.3. The first-order valence-electron chi connectivity index (χ1n) is 5.40. The predicted molar refractivity (Wildman–Crippen MR) is 65.3 cm³/mol. The molecule has 1 aliphatic heterocycles. The number of terminal acetylenes is 1. The van der Waals surface area contributed by atoms with Crippen LogP contribution < -0.4 is 10.6 Å². The minimum Gasteiger partial charge on any atom is -0.385 e. The van der Waals surface area contributed by atoms with E-state index in [0.717, 1.165) is 25.1 Å². The van der Waals surface area contributed by atoms with E-state index in [0.29, 0.717) is 0 Å². The number of nitrogens with one attached hydrogen (secondary N) is 2. The van der Waals surface area contributed by atoms with Gasteiger partial charge in [-0.25, -0.2) is 0 Å². The lowest BCUT2D eigenvalue weighted by molar-refractivity contribution is -0.115. The van der Waals surface area contributed by atoms with Crippen molar-refractivity contribution in [2.75, 3.05) is 17.2 Å². The van der Waals surface area contributed by atoms with Crippen LogP contribution in [-0.2, 0) is 11.2 Å². The van der Waals surface area contributed by atoms with Crippen molar-refractivity contribution >= 4 is 17.3 Å². The van der Waals surface area contributed by atoms with Gasteiger partial charge in [0.2, 0.25) is 5.91 Å². The third kappa shape index (κ3) is 2.34. The topological polar surface area (TPSA) is 41.1 Å². The highest BCUT2D eigenvalue weighted by atomic mass is 16.1. The molecule has 0 bridgehead atoms. The number of hydrogen-bond donors (Lipinski definition) is 2. The molecule has 0 aromatic heterocycles. The van der Waals surface area contributed by atoms with Crippen LogP contribution in [0, 0.1) is 12.3 Å². The first-order valence-corrected chi connectivity index (χ1v) is 5.40. The molecular weight excluding hydrogens is 200 g/mol. The lowest BCUT2D eigenvalue weighted by Gasteiger charge is -2.18. The molecule has 0 atom stereocenters. The maximum Gasteiger partial charge on any atom is 0.236 e. The minimum atomic E-state index is -0.133. The van der Waals surface area contributed by atoms with Crippen LogP contribution in [0.4, 0.5) is 11.4 Å². The minimum absolute atomic E-state index is 0.120. The molecule has 0 saturated heterocycles. The van der Waals surface area contributed by atoms with Crippen LogP contribution in [0.15, 0.2) is 18.2 Å². The molecule has 3 heteroatoms. The van der Waals surface area contributed by atoms with Crippen molar-refractivity contribution in [1.82, 2.24) is 0 Å². The van der Waals surface area contributed by atoms with E-state index in [1.54, 1.807) is 0 Å². The van der Waals surface area contributed by atoms with E-state index < -0.39 is 0 Å². The third-order valence-corrected chi connectivity index (χ3v) is 2.59. The molecule has 1 aliphatic rings. The van der Waals surface area contributed by atoms with Gasteiger partial charge in [-0.1, -0.05) is 5.92 Å². The van der Waals surface area contributed by atoms with Crippen LogP contribution in [0.2, 0.25) is 0 Å². The smallest absolute Gasteiger partial charge is 0.236 e. The zero-order valence-corrected chi connectivity index (χ0v) is 9.05. The molecule has 82 valence electrons. The molecule has 0 unspecified atom stereocenters. The lowest BCUT2D eigenvalue weighted by atomic mass is 10.0. The summed E-state index contributed by atoms with van der Waals surface area (Å²) in [7, 11) is 0. The zero-order chi connectivity index (χ0) is 11.4. The molecule has 2 rings (SSSR count). The van der Waals surface area contributed by atoms with Gasteiger partial charge in [0.1, 0.15) is 0 Å². The summed E-state index contributed by atoms with van der Waals surface area (Å²) in [5.74, 6) is 2.19. The van der Waals surface area contributed by atoms with Crippen LogP contribution in [0.3, 0.4) is 0 Å². The summed E-state index contributed by atoms with van der Waals surface area (Å²) in [5.41, 5.74) is 3.24. The Morgan fingerprint density at radius 2 is 2.44 bits per heavy atom. The predicted octanol–water partition coefficient (Wildman–Crippen LogP) is 2.01. The van der Waals surface area contributed by atoms with Crippen molar-refractivity contribution in [3.8, 4) is 12.3 Å². The van der Waals surface area contributed by atoms with Gasteiger partial charge in [0, 0.05) is 17.9 Å². The van der Waals surface area contributed by atoms with Gasteiger partial charge in [-0.3, -0.25) is 4.79 Å². The highest BCUT2D eigenvalue weighted by Gasteiger charge is 2.09. The third-order valence-electron chi connectivity index (χ3n) is 2.59. The Bertz CT molecular complexity index is 446. The Labute approximate surface area is 95.2 Å². The standard InChI is InChI=1S/C13H14N2O/c1-2-4-13(16)15-11-6-7-12-10(9-11)5-3-8-14-12/h1,6-7,9,14H,3-5,8H2,(H,15,16). The van der Waals surface area contributed by atoms with E-state index in [9.17, 15) is 4.79 Å². The van der Waals surface area contributed by atoms with E-state index in [4.69, 9.17) is 6.42 Å². The lowest BCUT2D eigenvalue weighted by Crippen LogP contribution is -2.14. The van der Waals surface area contributed by atoms with Crippen molar-refractivity contribution < 1.29 is 4.79 Å². The van der Waals surface area contributed by atoms with Crippen LogP contribution in [-0.4, -0.2) is 12.5 Å². The summed E-state index contributed by atoms with van der Waals surface area (Å²) < 4.78 is 0. The number of fused-ring (bicyclic) bond motifs is 1. The fourth-order valence-electron chi connectivity index (χ4n) is 1.85. The molecule has 3 nitrogen and oxygen atoms in total. The summed E-state index contributed by atoms with van der Waals surface area (Å²) in [6.45, 7) is 1.02. The number of anilines is 2. The molecule has 0 spiro atoms. The van der Waals surface area contributed by atoms with Crippen LogP contribution in [0.1, 0.15) is 18.4 Å². The molecule has 0 saturated carbocycles. The number of carbonyl (C=O) groups is 1. The first-order chi connectivity index (χ1) is 7.79. The van der Waals surface area contributed by atoms with Gasteiger partial charge < -0.3 is 10.6 Å². The van der Waals surface area contributed by atoms with Gasteiger partial charge in [0.15, 0.2) is 0 Å². The summed E-state index contributed by atoms with van der Waals surface area (Å²) in [6, 6.07) is 5.90. The Hall–Kier alpha value is -1.95. The van der Waals surface area contributed by atoms with Gasteiger partial charge in [-0.2, -0.15) is 0 Å². The van der Waals surface area contributed by atoms with Gasteiger partial charge >= 0.3 is 0 Å². The van der Waals surface area contributed by atoms with Crippen LogP contribution in [0.5, 0.6) is 0 Å². The molecule has 1 heterocycles. The van der Waals surface area contributed by atoms with Gasteiger partial charge in [-0.05, 0) is 36.6 Å². The molecule has 2 N–H and O–H groups in total. The number of carbonyl (C=O) groups excluding carboxylic acids is 1. The van der Waals surface area contributed by atoms with E-state index >= 15 is 0 Å². The second-order valence-corrected chi connectivity index (χ2v) is 3.83. The Balaban J connectivity index is 2.12. The summed E-state index contributed by atoms with van der Waals surface area (Å²) in [4.78, 5) is 11.3. The number of rotatable bonds is 2. The van der Waals surface area contributed by atoms with Gasteiger partial charge in [0.05, 0.1) is 6.42 Å². The Kier molecular flexibility index (Phi) is 3.11. The average Bonchev–Trinajstić information content (AvgIpc) is 2.29. The normalized spacial score (nSPS) is 13.2. The monoisotopic (exact) mass is 214 g/mol. The molecule has 1 aromatic rings. The van der Waals surface area contributed by atoms with E-state index in [2.05, 4.69) is 16.6 Å². The summed E-state index contributed by atoms with van der Waals surface area (Å²) in [6.07, 6.45) is 7.38. The Morgan fingerprint density at radius 1 is 1.56 bits per heavy atom. The van der Waals surface area contributed by atoms with E-state index in [-0.39, 0.29) is 12.3 Å². The zero-order valence-electron chi connectivity index (χ0n) is 9.05. The van der Waals surface area contributed by atoms with Crippen LogP contribution >= 0.6 is 0 Å². The van der Waals surface area contributed by atoms with Crippen molar-refractivity contribution in [3.63, 3.8) is 0 Å². The molecule has 0 aliphatic carbocycles. The maximum absolute atomic E-state index is 11.3. The fourth-order valence-corrected chi connectivity index (χ4v) is 1.85. The van der Waals surface area contributed by atoms with E-state index in [1.165, 1.54) is 11.3 Å². The molecular formula is C13H14N2O. The number of hydrogen-bond acceptors (Lipinski definition) is 2. The highest BCUT2D eigenvalue weighted by molar-refractivity contribution is 5.92. The largest absolute Gasteiger partial charge is 0.385 e. The molecule has 0 fully saturated rings. The van der Waals surface area contributed by atoms with Gasteiger partial charge in [0.25, 0.3) is 0 Å². The fraction of sp³-hybridized carbons (Fsp3) is 0.308. The Morgan fingerprint density at radius 3 is 3.25 bits per heavy atom. The quantitative estimate of drug-likeness (QED) is 0.739. The SMILES string of the molecule is C#CCC(=O)Nc1ccc2c(c1)CCCN2. The average molecular weight is 214 g/mol. The first kappa shape index (κ1) is 10.6. The summed E-state index contributed by atoms with van der Waals surface area (Å²) in [5, 5.41) is 6.11. The second-order valence-electron chi connectivity index (χ2n) is 3.83. The molecule has 0 radical (unpaired) electrons. The number of benzene rings is 1. The highest BCUT2D eigenvalue weighted by Crippen LogP contribution is 2.25. The molecule has 1 amide bonds. The number of amides is 1. The van der Waals surface area contributed by atoms with Crippen LogP contribution in [0.25, 0.3) is 0 Å². The number of aryl methyl sites for hydroxylation is 1. The second kappa shape index (κ2) is 4.71. The van der Waals surface area contributed by atoms with Crippen molar-refractivity contribution in [2.45, 2.75) is 19.3 Å². The summed E-state index contributed by atoms with van der Waals surface area (Å²) >= 11 is 0. The van der Waals surface area contributed by atoms with Crippen molar-refractivity contribution in [1.29, 1.82) is 0 Å². The van der Waals surface area contributed by atoms with Crippen molar-refractivity contribution in [2.24, 2.45) is 0 Å². The van der Waals surface area contributed by atoms with E-state index in [1.807, 2.05) is 18.2 Å².